The molecular formula is C21H29NO5. The van der Waals surface area contributed by atoms with Crippen molar-refractivity contribution in [3.63, 3.8) is 0 Å². The van der Waals surface area contributed by atoms with Gasteiger partial charge >= 0.3 is 0 Å². The standard InChI is InChI=1S/C21H29NO5/c1-24-13-12-22(14-17-4-6-19(25-2)7-5-17)15-18(23)16-27-21-10-8-20(26-3)9-11-21/h4-11,18,23H,12-16H2,1-3H3/t18-/m0/s1. The molecule has 0 fully saturated rings. The van der Waals surface area contributed by atoms with Gasteiger partial charge in [0.05, 0.1) is 20.8 Å². The molecule has 1 atom stereocenters. The van der Waals surface area contributed by atoms with Gasteiger partial charge in [-0.25, -0.2) is 0 Å². The zero-order valence-electron chi connectivity index (χ0n) is 16.3. The third kappa shape index (κ3) is 7.46. The highest BCUT2D eigenvalue weighted by molar-refractivity contribution is 5.31. The van der Waals surface area contributed by atoms with Gasteiger partial charge in [0.2, 0.25) is 0 Å². The minimum Gasteiger partial charge on any atom is -0.497 e. The molecule has 0 amide bonds. The number of nitrogens with zero attached hydrogens (tertiary/aromatic N) is 1. The molecule has 0 aliphatic carbocycles. The summed E-state index contributed by atoms with van der Waals surface area (Å²) in [5, 5.41) is 10.4. The van der Waals surface area contributed by atoms with Crippen molar-refractivity contribution in [2.75, 3.05) is 47.6 Å². The van der Waals surface area contributed by atoms with Crippen LogP contribution in [0.2, 0.25) is 0 Å². The van der Waals surface area contributed by atoms with Crippen molar-refractivity contribution < 1.29 is 24.1 Å². The van der Waals surface area contributed by atoms with E-state index in [2.05, 4.69) is 4.90 Å². The molecule has 1 N–H and O–H groups in total. The summed E-state index contributed by atoms with van der Waals surface area (Å²) in [5.41, 5.74) is 1.15. The molecule has 0 aromatic heterocycles. The number of hydrogen-bond donors (Lipinski definition) is 1. The van der Waals surface area contributed by atoms with Crippen molar-refractivity contribution in [3.05, 3.63) is 54.1 Å². The van der Waals surface area contributed by atoms with Gasteiger partial charge in [0.15, 0.2) is 0 Å². The van der Waals surface area contributed by atoms with Crippen LogP contribution in [0.3, 0.4) is 0 Å². The van der Waals surface area contributed by atoms with E-state index in [1.54, 1.807) is 21.3 Å². The lowest BCUT2D eigenvalue weighted by Gasteiger charge is -2.25. The van der Waals surface area contributed by atoms with Gasteiger partial charge in [0.1, 0.15) is 30.0 Å². The van der Waals surface area contributed by atoms with Crippen LogP contribution in [0.25, 0.3) is 0 Å². The molecule has 0 aliphatic rings. The highest BCUT2D eigenvalue weighted by Crippen LogP contribution is 2.17. The van der Waals surface area contributed by atoms with Crippen molar-refractivity contribution in [2.24, 2.45) is 0 Å². The Morgan fingerprint density at radius 3 is 1.96 bits per heavy atom. The molecule has 0 saturated carbocycles. The smallest absolute Gasteiger partial charge is 0.119 e. The number of methoxy groups -OCH3 is 3. The fourth-order valence-corrected chi connectivity index (χ4v) is 2.66. The number of benzene rings is 2. The van der Waals surface area contributed by atoms with Gasteiger partial charge in [-0.15, -0.1) is 0 Å². The highest BCUT2D eigenvalue weighted by atomic mass is 16.5. The molecule has 27 heavy (non-hydrogen) atoms. The number of hydrogen-bond acceptors (Lipinski definition) is 6. The molecule has 0 aliphatic heterocycles. The van der Waals surface area contributed by atoms with Crippen molar-refractivity contribution >= 4 is 0 Å². The number of aliphatic hydroxyl groups is 1. The van der Waals surface area contributed by atoms with Crippen LogP contribution in [0.15, 0.2) is 48.5 Å². The quantitative estimate of drug-likeness (QED) is 0.615. The van der Waals surface area contributed by atoms with E-state index in [0.717, 1.165) is 23.6 Å². The van der Waals surface area contributed by atoms with Crippen molar-refractivity contribution in [1.29, 1.82) is 0 Å². The van der Waals surface area contributed by atoms with E-state index in [-0.39, 0.29) is 6.61 Å². The summed E-state index contributed by atoms with van der Waals surface area (Å²) in [4.78, 5) is 2.15. The Morgan fingerprint density at radius 1 is 0.852 bits per heavy atom. The van der Waals surface area contributed by atoms with Gasteiger partial charge in [-0.05, 0) is 42.0 Å². The van der Waals surface area contributed by atoms with Gasteiger partial charge in [-0.3, -0.25) is 4.90 Å². The molecule has 0 radical (unpaired) electrons. The number of rotatable bonds is 12. The zero-order valence-corrected chi connectivity index (χ0v) is 16.3. The molecule has 6 nitrogen and oxygen atoms in total. The molecule has 2 aromatic carbocycles. The summed E-state index contributed by atoms with van der Waals surface area (Å²) in [5.74, 6) is 2.30. The fourth-order valence-electron chi connectivity index (χ4n) is 2.66. The highest BCUT2D eigenvalue weighted by Gasteiger charge is 2.13. The summed E-state index contributed by atoms with van der Waals surface area (Å²) < 4.78 is 21.2. The molecular weight excluding hydrogens is 346 g/mol. The van der Waals surface area contributed by atoms with Crippen molar-refractivity contribution in [1.82, 2.24) is 4.90 Å². The maximum absolute atomic E-state index is 10.4. The van der Waals surface area contributed by atoms with Crippen molar-refractivity contribution in [3.8, 4) is 17.2 Å². The predicted octanol–water partition coefficient (Wildman–Crippen LogP) is 2.59. The third-order valence-corrected chi connectivity index (χ3v) is 4.15. The summed E-state index contributed by atoms with van der Waals surface area (Å²) in [6.07, 6.45) is -0.609. The van der Waals surface area contributed by atoms with Crippen LogP contribution in [0.4, 0.5) is 0 Å². The van der Waals surface area contributed by atoms with Gasteiger partial charge in [-0.1, -0.05) is 12.1 Å². The lowest BCUT2D eigenvalue weighted by Crippen LogP contribution is -2.37. The van der Waals surface area contributed by atoms with Crippen LogP contribution in [-0.4, -0.2) is 63.7 Å². The molecule has 6 heteroatoms. The van der Waals surface area contributed by atoms with Gasteiger partial charge in [0, 0.05) is 26.7 Å². The lowest BCUT2D eigenvalue weighted by atomic mass is 10.2. The molecule has 2 aromatic rings. The Balaban J connectivity index is 1.86. The molecule has 0 spiro atoms. The second-order valence-electron chi connectivity index (χ2n) is 6.22. The monoisotopic (exact) mass is 375 g/mol. The maximum atomic E-state index is 10.4. The summed E-state index contributed by atoms with van der Waals surface area (Å²) in [6, 6.07) is 15.2. The van der Waals surface area contributed by atoms with Gasteiger partial charge in [0.25, 0.3) is 0 Å². The Morgan fingerprint density at radius 2 is 1.41 bits per heavy atom. The first kappa shape index (κ1) is 21.0. The number of ether oxygens (including phenoxy) is 4. The predicted molar refractivity (Wildman–Crippen MR) is 105 cm³/mol. The first-order chi connectivity index (χ1) is 13.1. The molecule has 0 bridgehead atoms. The van der Waals surface area contributed by atoms with Crippen LogP contribution in [0.5, 0.6) is 17.2 Å². The molecule has 2 rings (SSSR count). The van der Waals surface area contributed by atoms with E-state index in [9.17, 15) is 5.11 Å². The zero-order chi connectivity index (χ0) is 19.5. The third-order valence-electron chi connectivity index (χ3n) is 4.15. The maximum Gasteiger partial charge on any atom is 0.119 e. The van der Waals surface area contributed by atoms with Crippen LogP contribution < -0.4 is 14.2 Å². The number of aliphatic hydroxyl groups excluding tert-OH is 1. The minimum absolute atomic E-state index is 0.221. The van der Waals surface area contributed by atoms with E-state index in [1.807, 2.05) is 48.5 Å². The Bertz CT molecular complexity index is 645. The first-order valence-electron chi connectivity index (χ1n) is 8.93. The van der Waals surface area contributed by atoms with E-state index >= 15 is 0 Å². The molecule has 148 valence electrons. The van der Waals surface area contributed by atoms with E-state index in [0.29, 0.717) is 25.4 Å². The fraction of sp³-hybridized carbons (Fsp3) is 0.429. The summed E-state index contributed by atoms with van der Waals surface area (Å²) >= 11 is 0. The van der Waals surface area contributed by atoms with E-state index in [4.69, 9.17) is 18.9 Å². The van der Waals surface area contributed by atoms with E-state index in [1.165, 1.54) is 0 Å². The van der Waals surface area contributed by atoms with E-state index < -0.39 is 6.10 Å². The molecule has 0 saturated heterocycles. The average molecular weight is 375 g/mol. The molecule has 0 unspecified atom stereocenters. The van der Waals surface area contributed by atoms with Gasteiger partial charge in [-0.2, -0.15) is 0 Å². The second kappa shape index (κ2) is 11.4. The largest absolute Gasteiger partial charge is 0.497 e. The lowest BCUT2D eigenvalue weighted by molar-refractivity contribution is 0.0542. The van der Waals surface area contributed by atoms with Crippen LogP contribution in [0, 0.1) is 0 Å². The average Bonchev–Trinajstić information content (AvgIpc) is 2.71. The van der Waals surface area contributed by atoms with Crippen molar-refractivity contribution in [2.45, 2.75) is 12.6 Å². The first-order valence-corrected chi connectivity index (χ1v) is 8.93. The Labute approximate surface area is 161 Å². The van der Waals surface area contributed by atoms with Crippen LogP contribution in [0.1, 0.15) is 5.56 Å². The Hall–Kier alpha value is -2.28. The summed E-state index contributed by atoms with van der Waals surface area (Å²) in [6.45, 7) is 2.75. The topological polar surface area (TPSA) is 60.4 Å². The normalized spacial score (nSPS) is 12.0. The Kier molecular flexibility index (Phi) is 8.91. The SMILES string of the molecule is COCCN(Cc1ccc(OC)cc1)C[C@H](O)COc1ccc(OC)cc1. The molecule has 0 heterocycles. The van der Waals surface area contributed by atoms with Crippen LogP contribution >= 0.6 is 0 Å². The minimum atomic E-state index is -0.609. The van der Waals surface area contributed by atoms with Crippen LogP contribution in [-0.2, 0) is 11.3 Å². The van der Waals surface area contributed by atoms with Gasteiger partial charge < -0.3 is 24.1 Å². The summed E-state index contributed by atoms with van der Waals surface area (Å²) in [7, 11) is 4.95. The second-order valence-corrected chi connectivity index (χ2v) is 6.22.